The van der Waals surface area contributed by atoms with Crippen LogP contribution in [0.15, 0.2) is 18.2 Å². The number of aryl methyl sites for hydroxylation is 1. The quantitative estimate of drug-likeness (QED) is 0.853. The van der Waals surface area contributed by atoms with Crippen LogP contribution in [0.25, 0.3) is 0 Å². The van der Waals surface area contributed by atoms with Crippen LogP contribution in [0.3, 0.4) is 0 Å². The van der Waals surface area contributed by atoms with Crippen molar-refractivity contribution in [1.82, 2.24) is 0 Å². The van der Waals surface area contributed by atoms with Crippen LogP contribution in [0.5, 0.6) is 5.75 Å². The second-order valence-corrected chi connectivity index (χ2v) is 4.61. The summed E-state index contributed by atoms with van der Waals surface area (Å²) in [6.45, 7) is 6.19. The molecular formula is C13H19ClO3. The van der Waals surface area contributed by atoms with Gasteiger partial charge in [0.25, 0.3) is 0 Å². The third-order valence-electron chi connectivity index (χ3n) is 2.21. The Morgan fingerprint density at radius 2 is 2.00 bits per heavy atom. The highest BCUT2D eigenvalue weighted by atomic mass is 35.5. The number of ether oxygens (including phenoxy) is 2. The molecule has 0 heterocycles. The summed E-state index contributed by atoms with van der Waals surface area (Å²) in [5, 5.41) is 10.2. The summed E-state index contributed by atoms with van der Waals surface area (Å²) in [5.74, 6) is 0.593. The van der Waals surface area contributed by atoms with Gasteiger partial charge in [0, 0.05) is 0 Å². The molecule has 0 aliphatic heterocycles. The molecule has 17 heavy (non-hydrogen) atoms. The molecule has 96 valence electrons. The number of rotatable bonds is 6. The molecule has 0 fully saturated rings. The van der Waals surface area contributed by atoms with Crippen molar-refractivity contribution in [2.45, 2.75) is 33.0 Å². The first-order valence-electron chi connectivity index (χ1n) is 5.68. The Hall–Kier alpha value is -0.770. The van der Waals surface area contributed by atoms with Crippen molar-refractivity contribution in [2.24, 2.45) is 0 Å². The van der Waals surface area contributed by atoms with Gasteiger partial charge in [-0.2, -0.15) is 0 Å². The van der Waals surface area contributed by atoms with Crippen molar-refractivity contribution in [3.8, 4) is 5.75 Å². The topological polar surface area (TPSA) is 38.7 Å². The minimum atomic E-state index is -0.644. The highest BCUT2D eigenvalue weighted by Gasteiger charge is 2.09. The highest BCUT2D eigenvalue weighted by Crippen LogP contribution is 2.27. The lowest BCUT2D eigenvalue weighted by Crippen LogP contribution is -2.25. The van der Waals surface area contributed by atoms with Crippen molar-refractivity contribution in [2.75, 3.05) is 13.2 Å². The lowest BCUT2D eigenvalue weighted by atomic mass is 10.2. The maximum Gasteiger partial charge on any atom is 0.138 e. The second kappa shape index (κ2) is 6.84. The van der Waals surface area contributed by atoms with E-state index < -0.39 is 6.10 Å². The van der Waals surface area contributed by atoms with E-state index >= 15 is 0 Å². The van der Waals surface area contributed by atoms with E-state index in [1.54, 1.807) is 6.07 Å². The summed E-state index contributed by atoms with van der Waals surface area (Å²) in [6, 6.07) is 5.56. The maximum atomic E-state index is 9.63. The molecule has 0 radical (unpaired) electrons. The molecule has 0 bridgehead atoms. The van der Waals surface area contributed by atoms with Gasteiger partial charge in [-0.25, -0.2) is 0 Å². The largest absolute Gasteiger partial charge is 0.489 e. The molecule has 0 saturated heterocycles. The number of hydrogen-bond acceptors (Lipinski definition) is 3. The standard InChI is InChI=1S/C13H19ClO3/c1-9(2)16-7-11(15)8-17-12-6-4-5-10(3)13(12)14/h4-6,9,11,15H,7-8H2,1-3H3/t11-/m0/s1. The number of hydrogen-bond donors (Lipinski definition) is 1. The fourth-order valence-electron chi connectivity index (χ4n) is 1.27. The number of benzene rings is 1. The number of halogens is 1. The van der Waals surface area contributed by atoms with Gasteiger partial charge in [0.15, 0.2) is 0 Å². The van der Waals surface area contributed by atoms with E-state index in [-0.39, 0.29) is 19.3 Å². The first-order valence-corrected chi connectivity index (χ1v) is 6.06. The Morgan fingerprint density at radius 1 is 1.29 bits per heavy atom. The van der Waals surface area contributed by atoms with E-state index in [2.05, 4.69) is 0 Å². The molecule has 4 heteroatoms. The highest BCUT2D eigenvalue weighted by molar-refractivity contribution is 6.32. The van der Waals surface area contributed by atoms with Crippen LogP contribution >= 0.6 is 11.6 Å². The zero-order chi connectivity index (χ0) is 12.8. The van der Waals surface area contributed by atoms with E-state index in [0.29, 0.717) is 10.8 Å². The van der Waals surface area contributed by atoms with Gasteiger partial charge < -0.3 is 14.6 Å². The maximum absolute atomic E-state index is 9.63. The average molecular weight is 259 g/mol. The molecular weight excluding hydrogens is 240 g/mol. The molecule has 0 amide bonds. The summed E-state index contributed by atoms with van der Waals surface area (Å²) in [7, 11) is 0. The van der Waals surface area contributed by atoms with Crippen LogP contribution in [0, 0.1) is 6.92 Å². The minimum absolute atomic E-state index is 0.104. The number of aliphatic hydroxyl groups excluding tert-OH is 1. The molecule has 1 N–H and O–H groups in total. The van der Waals surface area contributed by atoms with Crippen LogP contribution in [0.2, 0.25) is 5.02 Å². The van der Waals surface area contributed by atoms with E-state index in [4.69, 9.17) is 21.1 Å². The minimum Gasteiger partial charge on any atom is -0.489 e. The van der Waals surface area contributed by atoms with E-state index in [1.165, 1.54) is 0 Å². The fraction of sp³-hybridized carbons (Fsp3) is 0.538. The Labute approximate surface area is 107 Å². The smallest absolute Gasteiger partial charge is 0.138 e. The lowest BCUT2D eigenvalue weighted by molar-refractivity contribution is -0.0122. The third kappa shape index (κ3) is 4.94. The van der Waals surface area contributed by atoms with E-state index in [0.717, 1.165) is 5.56 Å². The average Bonchev–Trinajstić information content (AvgIpc) is 2.28. The van der Waals surface area contributed by atoms with Gasteiger partial charge in [0.05, 0.1) is 17.7 Å². The van der Waals surface area contributed by atoms with Crippen molar-refractivity contribution in [1.29, 1.82) is 0 Å². The second-order valence-electron chi connectivity index (χ2n) is 4.23. The van der Waals surface area contributed by atoms with Gasteiger partial charge >= 0.3 is 0 Å². The van der Waals surface area contributed by atoms with Gasteiger partial charge in [-0.05, 0) is 32.4 Å². The molecule has 1 rings (SSSR count). The van der Waals surface area contributed by atoms with Crippen molar-refractivity contribution in [3.05, 3.63) is 28.8 Å². The summed E-state index contributed by atoms with van der Waals surface area (Å²) in [5.41, 5.74) is 0.956. The summed E-state index contributed by atoms with van der Waals surface area (Å²) in [4.78, 5) is 0. The predicted molar refractivity (Wildman–Crippen MR) is 68.8 cm³/mol. The molecule has 0 aliphatic carbocycles. The van der Waals surface area contributed by atoms with Crippen molar-refractivity contribution in [3.63, 3.8) is 0 Å². The normalized spacial score (nSPS) is 12.8. The van der Waals surface area contributed by atoms with Crippen LogP contribution in [-0.4, -0.2) is 30.5 Å². The molecule has 1 atom stereocenters. The van der Waals surface area contributed by atoms with E-state index in [1.807, 2.05) is 32.9 Å². The van der Waals surface area contributed by atoms with Crippen LogP contribution in [0.1, 0.15) is 19.4 Å². The van der Waals surface area contributed by atoms with Crippen LogP contribution in [-0.2, 0) is 4.74 Å². The zero-order valence-corrected chi connectivity index (χ0v) is 11.2. The molecule has 3 nitrogen and oxygen atoms in total. The Kier molecular flexibility index (Phi) is 5.75. The predicted octanol–water partition coefficient (Wildman–Crippen LogP) is 2.81. The monoisotopic (exact) mass is 258 g/mol. The van der Waals surface area contributed by atoms with Gasteiger partial charge in [-0.15, -0.1) is 0 Å². The third-order valence-corrected chi connectivity index (χ3v) is 2.69. The molecule has 0 aliphatic rings. The van der Waals surface area contributed by atoms with Gasteiger partial charge in [-0.3, -0.25) is 0 Å². The Balaban J connectivity index is 2.42. The van der Waals surface area contributed by atoms with Gasteiger partial charge in [0.2, 0.25) is 0 Å². The fourth-order valence-corrected chi connectivity index (χ4v) is 1.45. The van der Waals surface area contributed by atoms with Crippen LogP contribution in [0.4, 0.5) is 0 Å². The zero-order valence-electron chi connectivity index (χ0n) is 10.4. The van der Waals surface area contributed by atoms with Crippen molar-refractivity contribution >= 4 is 11.6 Å². The summed E-state index contributed by atoms with van der Waals surface area (Å²) in [6.07, 6.45) is -0.541. The SMILES string of the molecule is Cc1cccc(OC[C@@H](O)COC(C)C)c1Cl. The first kappa shape index (κ1) is 14.3. The lowest BCUT2D eigenvalue weighted by Gasteiger charge is -2.15. The molecule has 0 saturated carbocycles. The molecule has 0 aromatic heterocycles. The summed E-state index contributed by atoms with van der Waals surface area (Å²) < 4.78 is 10.7. The number of aliphatic hydroxyl groups is 1. The first-order chi connectivity index (χ1) is 8.00. The summed E-state index contributed by atoms with van der Waals surface area (Å²) >= 11 is 6.07. The molecule has 0 spiro atoms. The van der Waals surface area contributed by atoms with Gasteiger partial charge in [-0.1, -0.05) is 23.7 Å². The van der Waals surface area contributed by atoms with Crippen molar-refractivity contribution < 1.29 is 14.6 Å². The van der Waals surface area contributed by atoms with Gasteiger partial charge in [0.1, 0.15) is 18.5 Å². The molecule has 0 unspecified atom stereocenters. The van der Waals surface area contributed by atoms with E-state index in [9.17, 15) is 5.11 Å². The Bertz CT molecular complexity index is 353. The molecule has 1 aromatic rings. The Morgan fingerprint density at radius 3 is 2.65 bits per heavy atom. The van der Waals surface area contributed by atoms with Crippen LogP contribution < -0.4 is 4.74 Å². The molecule has 1 aromatic carbocycles.